The lowest BCUT2D eigenvalue weighted by atomic mass is 10.1. The van der Waals surface area contributed by atoms with Gasteiger partial charge in [-0.15, -0.1) is 0 Å². The molecule has 154 valence electrons. The minimum atomic E-state index is -2.96. The topological polar surface area (TPSA) is 78.8 Å². The van der Waals surface area contributed by atoms with Gasteiger partial charge in [0.1, 0.15) is 0 Å². The fraction of sp³-hybridized carbons (Fsp3) is 0.364. The number of rotatable bonds is 8. The lowest BCUT2D eigenvalue weighted by Crippen LogP contribution is -2.22. The van der Waals surface area contributed by atoms with Crippen LogP contribution in [0.2, 0.25) is 0 Å². The number of amides is 1. The number of anilines is 1. The molecule has 0 radical (unpaired) electrons. The molecule has 0 bridgehead atoms. The van der Waals surface area contributed by atoms with Crippen molar-refractivity contribution >= 4 is 27.6 Å². The predicted octanol–water partition coefficient (Wildman–Crippen LogP) is 2.99. The van der Waals surface area contributed by atoms with E-state index in [1.165, 1.54) is 5.56 Å². The molecule has 0 unspecified atom stereocenters. The molecule has 29 heavy (non-hydrogen) atoms. The SMILES string of the molecule is CCN(Cc1ccccc1)c1ccc(/C=N\NC(=O)C[C@@H]2CCS(=O)(=O)C2)cc1. The van der Waals surface area contributed by atoms with Gasteiger partial charge in [-0.2, -0.15) is 5.10 Å². The molecule has 1 aliphatic rings. The molecule has 2 aromatic rings. The Balaban J connectivity index is 1.51. The molecule has 7 heteroatoms. The molecule has 1 aliphatic heterocycles. The van der Waals surface area contributed by atoms with Crippen LogP contribution >= 0.6 is 0 Å². The highest BCUT2D eigenvalue weighted by molar-refractivity contribution is 7.91. The maximum Gasteiger partial charge on any atom is 0.240 e. The van der Waals surface area contributed by atoms with Crippen molar-refractivity contribution in [2.24, 2.45) is 11.0 Å². The molecule has 0 aliphatic carbocycles. The van der Waals surface area contributed by atoms with Crippen LogP contribution < -0.4 is 10.3 Å². The van der Waals surface area contributed by atoms with Gasteiger partial charge in [0.25, 0.3) is 0 Å². The monoisotopic (exact) mass is 413 g/mol. The first-order valence-corrected chi connectivity index (χ1v) is 11.7. The normalized spacial score (nSPS) is 18.0. The molecule has 2 aromatic carbocycles. The summed E-state index contributed by atoms with van der Waals surface area (Å²) in [5, 5.41) is 3.99. The second-order valence-electron chi connectivity index (χ2n) is 7.36. The fourth-order valence-electron chi connectivity index (χ4n) is 3.48. The average molecular weight is 414 g/mol. The van der Waals surface area contributed by atoms with Gasteiger partial charge >= 0.3 is 0 Å². The number of sulfone groups is 1. The highest BCUT2D eigenvalue weighted by Crippen LogP contribution is 2.21. The Kier molecular flexibility index (Phi) is 7.04. The summed E-state index contributed by atoms with van der Waals surface area (Å²) >= 11 is 0. The number of hydrogen-bond donors (Lipinski definition) is 1. The van der Waals surface area contributed by atoms with E-state index in [9.17, 15) is 13.2 Å². The molecular formula is C22H27N3O3S. The highest BCUT2D eigenvalue weighted by Gasteiger charge is 2.29. The molecule has 1 amide bonds. The molecule has 1 N–H and O–H groups in total. The van der Waals surface area contributed by atoms with Gasteiger partial charge in [-0.1, -0.05) is 42.5 Å². The van der Waals surface area contributed by atoms with Crippen molar-refractivity contribution in [1.82, 2.24) is 5.43 Å². The Morgan fingerprint density at radius 1 is 1.17 bits per heavy atom. The van der Waals surface area contributed by atoms with Crippen LogP contribution in [0.25, 0.3) is 0 Å². The minimum Gasteiger partial charge on any atom is -0.367 e. The number of hydrogen-bond acceptors (Lipinski definition) is 5. The van der Waals surface area contributed by atoms with E-state index in [4.69, 9.17) is 0 Å². The van der Waals surface area contributed by atoms with E-state index in [-0.39, 0.29) is 29.8 Å². The average Bonchev–Trinajstić information content (AvgIpc) is 3.05. The lowest BCUT2D eigenvalue weighted by Gasteiger charge is -2.23. The first-order chi connectivity index (χ1) is 13.9. The van der Waals surface area contributed by atoms with Crippen LogP contribution in [0, 0.1) is 5.92 Å². The van der Waals surface area contributed by atoms with Crippen molar-refractivity contribution in [2.45, 2.75) is 26.3 Å². The maximum absolute atomic E-state index is 11.9. The molecule has 0 spiro atoms. The first kappa shape index (κ1) is 21.0. The van der Waals surface area contributed by atoms with Crippen molar-refractivity contribution in [3.05, 3.63) is 65.7 Å². The smallest absolute Gasteiger partial charge is 0.240 e. The quantitative estimate of drug-likeness (QED) is 0.533. The van der Waals surface area contributed by atoms with E-state index in [1.807, 2.05) is 42.5 Å². The van der Waals surface area contributed by atoms with Gasteiger partial charge in [0.15, 0.2) is 9.84 Å². The highest BCUT2D eigenvalue weighted by atomic mass is 32.2. The van der Waals surface area contributed by atoms with Crippen molar-refractivity contribution < 1.29 is 13.2 Å². The Morgan fingerprint density at radius 3 is 2.52 bits per heavy atom. The second kappa shape index (κ2) is 9.69. The number of nitrogens with one attached hydrogen (secondary N) is 1. The van der Waals surface area contributed by atoms with Gasteiger partial charge in [-0.3, -0.25) is 4.79 Å². The lowest BCUT2D eigenvalue weighted by molar-refractivity contribution is -0.121. The van der Waals surface area contributed by atoms with Gasteiger partial charge < -0.3 is 4.90 Å². The zero-order valence-electron chi connectivity index (χ0n) is 16.6. The Morgan fingerprint density at radius 2 is 1.90 bits per heavy atom. The number of nitrogens with zero attached hydrogens (tertiary/aromatic N) is 2. The van der Waals surface area contributed by atoms with Gasteiger partial charge in [-0.05, 0) is 42.5 Å². The third kappa shape index (κ3) is 6.42. The van der Waals surface area contributed by atoms with Gasteiger partial charge in [0.2, 0.25) is 5.91 Å². The molecule has 0 saturated carbocycles. The largest absolute Gasteiger partial charge is 0.367 e. The number of hydrazone groups is 1. The van der Waals surface area contributed by atoms with Gasteiger partial charge in [0, 0.05) is 25.2 Å². The summed E-state index contributed by atoms with van der Waals surface area (Å²) in [4.78, 5) is 14.2. The van der Waals surface area contributed by atoms with Crippen LogP contribution in [0.4, 0.5) is 5.69 Å². The van der Waals surface area contributed by atoms with Crippen LogP contribution in [0.15, 0.2) is 59.7 Å². The molecule has 1 heterocycles. The van der Waals surface area contributed by atoms with Crippen molar-refractivity contribution in [3.8, 4) is 0 Å². The van der Waals surface area contributed by atoms with Crippen molar-refractivity contribution in [1.29, 1.82) is 0 Å². The third-order valence-corrected chi connectivity index (χ3v) is 6.90. The van der Waals surface area contributed by atoms with Crippen LogP contribution in [-0.2, 0) is 21.2 Å². The minimum absolute atomic E-state index is 0.0980. The van der Waals surface area contributed by atoms with E-state index in [2.05, 4.69) is 34.5 Å². The van der Waals surface area contributed by atoms with E-state index in [0.717, 1.165) is 24.3 Å². The summed E-state index contributed by atoms with van der Waals surface area (Å²) in [6.45, 7) is 3.87. The molecule has 1 fully saturated rings. The van der Waals surface area contributed by atoms with Crippen LogP contribution in [0.1, 0.15) is 30.9 Å². The maximum atomic E-state index is 11.9. The van der Waals surface area contributed by atoms with E-state index < -0.39 is 9.84 Å². The summed E-state index contributed by atoms with van der Waals surface area (Å²) in [7, 11) is -2.96. The van der Waals surface area contributed by atoms with Crippen molar-refractivity contribution in [3.63, 3.8) is 0 Å². The molecule has 6 nitrogen and oxygen atoms in total. The number of carbonyl (C=O) groups is 1. The third-order valence-electron chi connectivity index (χ3n) is 5.06. The number of carbonyl (C=O) groups excluding carboxylic acids is 1. The van der Waals surface area contributed by atoms with Crippen LogP contribution in [0.5, 0.6) is 0 Å². The molecule has 3 rings (SSSR count). The summed E-state index contributed by atoms with van der Waals surface area (Å²) in [6, 6.07) is 18.3. The summed E-state index contributed by atoms with van der Waals surface area (Å²) < 4.78 is 22.9. The summed E-state index contributed by atoms with van der Waals surface area (Å²) in [5.74, 6) is -0.0682. The summed E-state index contributed by atoms with van der Waals surface area (Å²) in [6.07, 6.45) is 2.35. The first-order valence-electron chi connectivity index (χ1n) is 9.86. The Bertz CT molecular complexity index is 941. The van der Waals surface area contributed by atoms with Crippen molar-refractivity contribution in [2.75, 3.05) is 23.0 Å². The van der Waals surface area contributed by atoms with E-state index in [1.54, 1.807) is 6.21 Å². The van der Waals surface area contributed by atoms with Crippen LogP contribution in [0.3, 0.4) is 0 Å². The molecule has 0 aromatic heterocycles. The molecule has 1 atom stereocenters. The molecule has 1 saturated heterocycles. The standard InChI is InChI=1S/C22H27N3O3S/c1-2-25(16-19-6-4-3-5-7-19)21-10-8-18(9-11-21)15-23-24-22(26)14-20-12-13-29(27,28)17-20/h3-11,15,20H,2,12-14,16-17H2,1H3,(H,24,26)/b23-15-/t20-/m0/s1. The Labute approximate surface area is 172 Å². The van der Waals surface area contributed by atoms with Gasteiger partial charge in [0.05, 0.1) is 17.7 Å². The van der Waals surface area contributed by atoms with E-state index in [0.29, 0.717) is 6.42 Å². The summed E-state index contributed by atoms with van der Waals surface area (Å²) in [5.41, 5.74) is 5.76. The van der Waals surface area contributed by atoms with Gasteiger partial charge in [-0.25, -0.2) is 13.8 Å². The molecular weight excluding hydrogens is 386 g/mol. The zero-order chi connectivity index (χ0) is 20.7. The predicted molar refractivity (Wildman–Crippen MR) is 117 cm³/mol. The Hall–Kier alpha value is -2.67. The zero-order valence-corrected chi connectivity index (χ0v) is 17.4. The van der Waals surface area contributed by atoms with E-state index >= 15 is 0 Å². The second-order valence-corrected chi connectivity index (χ2v) is 9.59. The number of benzene rings is 2. The fourth-order valence-corrected chi connectivity index (χ4v) is 5.34. The van der Waals surface area contributed by atoms with Crippen LogP contribution in [-0.4, -0.2) is 38.6 Å².